The summed E-state index contributed by atoms with van der Waals surface area (Å²) in [5, 5.41) is 0.918. The summed E-state index contributed by atoms with van der Waals surface area (Å²) in [7, 11) is -2.29. The van der Waals surface area contributed by atoms with Crippen molar-refractivity contribution in [3.63, 3.8) is 0 Å². The Bertz CT molecular complexity index is 2120. The molecule has 0 unspecified atom stereocenters. The summed E-state index contributed by atoms with van der Waals surface area (Å²) in [6, 6.07) is 18.9. The molecule has 42 heavy (non-hydrogen) atoms. The molecule has 212 valence electrons. The number of furan rings is 1. The van der Waals surface area contributed by atoms with Crippen molar-refractivity contribution in [3.8, 4) is 33.8 Å². The number of aromatic nitrogens is 2. The highest BCUT2D eigenvalue weighted by atomic mass is 32.2. The van der Waals surface area contributed by atoms with Crippen molar-refractivity contribution in [1.82, 2.24) is 9.97 Å². The van der Waals surface area contributed by atoms with E-state index in [1.54, 1.807) is 55.6 Å². The van der Waals surface area contributed by atoms with Gasteiger partial charge < -0.3 is 9.40 Å². The Hall–Kier alpha value is -4.83. The fourth-order valence-corrected chi connectivity index (χ4v) is 5.56. The van der Waals surface area contributed by atoms with Gasteiger partial charge in [-0.3, -0.25) is 14.1 Å². The number of ketones is 1. The Morgan fingerprint density at radius 3 is 2.43 bits per heavy atom. The smallest absolute Gasteiger partial charge is 0.232 e. The number of halogens is 2. The quantitative estimate of drug-likeness (QED) is 0.195. The van der Waals surface area contributed by atoms with Crippen LogP contribution in [0.25, 0.3) is 55.7 Å². The number of hydrogen-bond donors (Lipinski definition) is 1. The summed E-state index contributed by atoms with van der Waals surface area (Å²) in [6.07, 6.45) is 2.86. The molecule has 0 fully saturated rings. The molecular weight excluding hydrogens is 560 g/mol. The fraction of sp³-hybridized carbons (Fsp3) is 0.125. The summed E-state index contributed by atoms with van der Waals surface area (Å²) < 4.78 is 60.7. The summed E-state index contributed by atoms with van der Waals surface area (Å²) >= 11 is 0. The number of Topliss-reactive ketones (excluding diaryl/α,β-unsaturated/α-hetero) is 1. The Balaban J connectivity index is 1.60. The maximum atomic E-state index is 14.4. The Morgan fingerprint density at radius 2 is 1.74 bits per heavy atom. The fourth-order valence-electron chi connectivity index (χ4n) is 5.05. The second kappa shape index (κ2) is 10.2. The van der Waals surface area contributed by atoms with Gasteiger partial charge >= 0.3 is 0 Å². The number of sulfonamides is 1. The average molecular weight is 586 g/mol. The third-order valence-corrected chi connectivity index (χ3v) is 8.50. The third-order valence-electron chi connectivity index (χ3n) is 7.31. The lowest BCUT2D eigenvalue weighted by molar-refractivity contribution is 0.0989. The molecule has 7 nitrogen and oxygen atoms in total. The van der Waals surface area contributed by atoms with E-state index < -0.39 is 15.8 Å². The largest absolute Gasteiger partial charge is 0.455 e. The van der Waals surface area contributed by atoms with Gasteiger partial charge in [-0.15, -0.1) is 0 Å². The van der Waals surface area contributed by atoms with Gasteiger partial charge in [0.1, 0.15) is 23.0 Å². The van der Waals surface area contributed by atoms with Crippen LogP contribution in [0.3, 0.4) is 0 Å². The normalized spacial score (nSPS) is 11.8. The number of nitrogens with one attached hydrogen (secondary N) is 1. The Morgan fingerprint density at radius 1 is 0.976 bits per heavy atom. The minimum Gasteiger partial charge on any atom is -0.455 e. The second-order valence-electron chi connectivity index (χ2n) is 10.00. The Kier molecular flexibility index (Phi) is 6.65. The van der Waals surface area contributed by atoms with E-state index in [1.165, 1.54) is 37.4 Å². The third kappa shape index (κ3) is 4.73. The molecule has 0 aliphatic rings. The highest BCUT2D eigenvalue weighted by molar-refractivity contribution is 7.92. The number of fused-ring (bicyclic) bond motifs is 2. The van der Waals surface area contributed by atoms with Crippen LogP contribution >= 0.6 is 0 Å². The lowest BCUT2D eigenvalue weighted by Gasteiger charge is -2.20. The first-order valence-corrected chi connectivity index (χ1v) is 15.0. The summed E-state index contributed by atoms with van der Waals surface area (Å²) in [5.74, 6) is -0.702. The monoisotopic (exact) mass is 585 g/mol. The SMILES string of the molecule is CCC(=O)c1c(-c2ccc(F)cc2)oc2cc(N(C)S(C)(=O)=O)c(-c3cc(-c4cc5c(F)cccc5[nH]4)ccn3)cc12. The first kappa shape index (κ1) is 27.3. The van der Waals surface area contributed by atoms with Crippen molar-refractivity contribution >= 4 is 43.4 Å². The minimum atomic E-state index is -3.71. The zero-order valence-corrected chi connectivity index (χ0v) is 23.7. The molecule has 1 N–H and O–H groups in total. The van der Waals surface area contributed by atoms with Crippen LogP contribution in [-0.4, -0.2) is 37.5 Å². The number of pyridine rings is 1. The van der Waals surface area contributed by atoms with Crippen molar-refractivity contribution in [2.45, 2.75) is 13.3 Å². The van der Waals surface area contributed by atoms with Crippen LogP contribution in [0, 0.1) is 11.6 Å². The first-order valence-electron chi connectivity index (χ1n) is 13.1. The molecule has 0 bridgehead atoms. The van der Waals surface area contributed by atoms with Crippen LogP contribution < -0.4 is 4.31 Å². The number of aromatic amines is 1. The van der Waals surface area contributed by atoms with Gasteiger partial charge in [0.25, 0.3) is 0 Å². The minimum absolute atomic E-state index is 0.188. The van der Waals surface area contributed by atoms with Gasteiger partial charge in [0, 0.05) is 64.4 Å². The first-order chi connectivity index (χ1) is 20.0. The van der Waals surface area contributed by atoms with Crippen molar-refractivity contribution in [1.29, 1.82) is 0 Å². The highest BCUT2D eigenvalue weighted by Gasteiger charge is 2.26. The molecule has 0 aliphatic carbocycles. The second-order valence-corrected chi connectivity index (χ2v) is 12.0. The lowest BCUT2D eigenvalue weighted by Crippen LogP contribution is -2.25. The molecule has 10 heteroatoms. The zero-order valence-electron chi connectivity index (χ0n) is 22.9. The maximum Gasteiger partial charge on any atom is 0.232 e. The zero-order chi connectivity index (χ0) is 29.8. The highest BCUT2D eigenvalue weighted by Crippen LogP contribution is 2.42. The molecule has 0 spiro atoms. The topological polar surface area (TPSA) is 96.3 Å². The molecule has 0 atom stereocenters. The lowest BCUT2D eigenvalue weighted by atomic mass is 9.97. The van der Waals surface area contributed by atoms with Gasteiger partial charge in [0.2, 0.25) is 10.0 Å². The van der Waals surface area contributed by atoms with Crippen LogP contribution in [0.15, 0.2) is 83.4 Å². The summed E-state index contributed by atoms with van der Waals surface area (Å²) in [4.78, 5) is 21.0. The van der Waals surface area contributed by atoms with Crippen molar-refractivity contribution in [3.05, 3.63) is 96.2 Å². The number of nitrogens with zero attached hydrogens (tertiary/aromatic N) is 2. The summed E-state index contributed by atoms with van der Waals surface area (Å²) in [6.45, 7) is 1.73. The van der Waals surface area contributed by atoms with Gasteiger partial charge in [-0.05, 0) is 60.7 Å². The van der Waals surface area contributed by atoms with Crippen LogP contribution in [0.5, 0.6) is 0 Å². The van der Waals surface area contributed by atoms with Gasteiger partial charge in [0.15, 0.2) is 5.78 Å². The molecule has 3 heterocycles. The molecule has 6 aromatic rings. The van der Waals surface area contributed by atoms with E-state index in [4.69, 9.17) is 4.42 Å². The molecule has 6 rings (SSSR count). The van der Waals surface area contributed by atoms with E-state index in [2.05, 4.69) is 9.97 Å². The van der Waals surface area contributed by atoms with Gasteiger partial charge in [-0.2, -0.15) is 0 Å². The number of rotatable bonds is 7. The van der Waals surface area contributed by atoms with Crippen LogP contribution in [0.1, 0.15) is 23.7 Å². The molecule has 0 amide bonds. The van der Waals surface area contributed by atoms with Crippen molar-refractivity contribution in [2.75, 3.05) is 17.6 Å². The molecule has 0 saturated carbocycles. The van der Waals surface area contributed by atoms with Crippen molar-refractivity contribution in [2.24, 2.45) is 0 Å². The van der Waals surface area contributed by atoms with Crippen LogP contribution in [0.4, 0.5) is 14.5 Å². The molecular formula is C32H25F2N3O4S. The molecule has 0 saturated heterocycles. The molecule has 0 aliphatic heterocycles. The van der Waals surface area contributed by atoms with Crippen LogP contribution in [0.2, 0.25) is 0 Å². The molecule has 3 aromatic heterocycles. The average Bonchev–Trinajstić information content (AvgIpc) is 3.58. The summed E-state index contributed by atoms with van der Waals surface area (Å²) in [5.41, 5.74) is 4.27. The number of benzene rings is 3. The van der Waals surface area contributed by atoms with Gasteiger partial charge in [0.05, 0.1) is 23.2 Å². The van der Waals surface area contributed by atoms with E-state index in [0.29, 0.717) is 55.5 Å². The molecule has 0 radical (unpaired) electrons. The number of anilines is 1. The Labute approximate surface area is 240 Å². The number of carbonyl (C=O) groups is 1. The van der Waals surface area contributed by atoms with Gasteiger partial charge in [-0.1, -0.05) is 13.0 Å². The van der Waals surface area contributed by atoms with E-state index in [1.807, 2.05) is 0 Å². The predicted molar refractivity (Wildman–Crippen MR) is 160 cm³/mol. The number of H-pyrrole nitrogens is 1. The molecule has 3 aromatic carbocycles. The van der Waals surface area contributed by atoms with E-state index in [9.17, 15) is 22.0 Å². The predicted octanol–water partition coefficient (Wildman–Crippen LogP) is 7.58. The standard InChI is InChI=1S/C32H25F2N3O4S/c1-4-29(38)31-23-15-22(27-14-19(12-13-35-27)26-16-21-24(34)6-5-7-25(21)36-26)28(37(2)42(3,39)40)17-30(23)41-32(31)18-8-10-20(33)11-9-18/h5-17,36H,4H2,1-3H3. The van der Waals surface area contributed by atoms with E-state index >= 15 is 0 Å². The van der Waals surface area contributed by atoms with Crippen LogP contribution in [-0.2, 0) is 10.0 Å². The van der Waals surface area contributed by atoms with E-state index in [-0.39, 0.29) is 29.5 Å². The van der Waals surface area contributed by atoms with Gasteiger partial charge in [-0.25, -0.2) is 17.2 Å². The number of carbonyl (C=O) groups excluding carboxylic acids is 1. The van der Waals surface area contributed by atoms with Crippen molar-refractivity contribution < 1.29 is 26.4 Å². The number of hydrogen-bond acceptors (Lipinski definition) is 5. The van der Waals surface area contributed by atoms with E-state index in [0.717, 1.165) is 10.6 Å². The maximum absolute atomic E-state index is 14.4.